The summed E-state index contributed by atoms with van der Waals surface area (Å²) in [5, 5.41) is 1.40. The summed E-state index contributed by atoms with van der Waals surface area (Å²) in [6, 6.07) is 11.7. The largest absolute Gasteiger partial charge is 0.273 e. The smallest absolute Gasteiger partial charge is 0.269 e. The molecule has 0 spiro atoms. The topological polar surface area (TPSA) is 75.3 Å². The summed E-state index contributed by atoms with van der Waals surface area (Å²) in [6.45, 7) is 0. The number of carbonyl (C=O) groups excluding carboxylic acids is 1. The fraction of sp³-hybridized carbons (Fsp3) is 0. The standard InChI is InChI=1S/C15H12ClFN2O3S/c16-12-7-5-11(6-8-12)9-10-23(21,22)19-18-15(20)13-3-1-2-4-14(13)17/h1-10,19H,(H,18,20). The Morgan fingerprint density at radius 3 is 2.39 bits per heavy atom. The van der Waals surface area contributed by atoms with Crippen LogP contribution in [-0.4, -0.2) is 14.3 Å². The molecule has 1 amide bonds. The number of nitrogens with one attached hydrogen (secondary N) is 2. The summed E-state index contributed by atoms with van der Waals surface area (Å²) in [6.07, 6.45) is 1.33. The summed E-state index contributed by atoms with van der Waals surface area (Å²) in [4.78, 5) is 13.6. The lowest BCUT2D eigenvalue weighted by Crippen LogP contribution is -2.40. The Hall–Kier alpha value is -2.22. The first-order valence-electron chi connectivity index (χ1n) is 6.38. The van der Waals surface area contributed by atoms with Crippen LogP contribution in [0.4, 0.5) is 4.39 Å². The van der Waals surface area contributed by atoms with Crippen molar-refractivity contribution >= 4 is 33.6 Å². The second-order valence-electron chi connectivity index (χ2n) is 4.44. The van der Waals surface area contributed by atoms with Crippen LogP contribution in [0, 0.1) is 5.82 Å². The maximum absolute atomic E-state index is 13.4. The van der Waals surface area contributed by atoms with Crippen molar-refractivity contribution < 1.29 is 17.6 Å². The molecule has 23 heavy (non-hydrogen) atoms. The molecule has 2 aromatic carbocycles. The Bertz CT molecular complexity index is 836. The molecule has 2 N–H and O–H groups in total. The highest BCUT2D eigenvalue weighted by molar-refractivity contribution is 7.92. The van der Waals surface area contributed by atoms with E-state index in [2.05, 4.69) is 0 Å². The van der Waals surface area contributed by atoms with Crippen molar-refractivity contribution in [3.63, 3.8) is 0 Å². The van der Waals surface area contributed by atoms with Crippen LogP contribution < -0.4 is 10.3 Å². The molecule has 2 rings (SSSR count). The van der Waals surface area contributed by atoms with Crippen LogP contribution in [-0.2, 0) is 10.0 Å². The number of benzene rings is 2. The van der Waals surface area contributed by atoms with Crippen LogP contribution in [0.3, 0.4) is 0 Å². The van der Waals surface area contributed by atoms with Crippen molar-refractivity contribution in [3.05, 3.63) is 75.9 Å². The quantitative estimate of drug-likeness (QED) is 0.811. The third-order valence-electron chi connectivity index (χ3n) is 2.73. The van der Waals surface area contributed by atoms with E-state index in [1.54, 1.807) is 24.3 Å². The summed E-state index contributed by atoms with van der Waals surface area (Å²) in [7, 11) is -3.92. The molecule has 0 bridgehead atoms. The Kier molecular flexibility index (Phi) is 5.49. The van der Waals surface area contributed by atoms with Gasteiger partial charge in [0.25, 0.3) is 15.9 Å². The summed E-state index contributed by atoms with van der Waals surface area (Å²) >= 11 is 5.72. The van der Waals surface area contributed by atoms with Crippen LogP contribution in [0.2, 0.25) is 5.02 Å². The van der Waals surface area contributed by atoms with E-state index in [-0.39, 0.29) is 5.56 Å². The minimum absolute atomic E-state index is 0.267. The van der Waals surface area contributed by atoms with Crippen LogP contribution in [0.1, 0.15) is 15.9 Å². The van der Waals surface area contributed by atoms with Gasteiger partial charge in [0.05, 0.1) is 5.56 Å². The molecular formula is C15H12ClFN2O3S. The van der Waals surface area contributed by atoms with E-state index in [0.29, 0.717) is 10.6 Å². The average molecular weight is 355 g/mol. The molecule has 0 atom stereocenters. The monoisotopic (exact) mass is 354 g/mol. The van der Waals surface area contributed by atoms with Crippen LogP contribution in [0.5, 0.6) is 0 Å². The number of rotatable bonds is 5. The number of hydrazine groups is 1. The van der Waals surface area contributed by atoms with Crippen molar-refractivity contribution in [1.82, 2.24) is 10.3 Å². The molecule has 0 radical (unpaired) electrons. The van der Waals surface area contributed by atoms with Crippen LogP contribution in [0.15, 0.2) is 53.9 Å². The molecule has 0 saturated carbocycles. The number of hydrogen-bond acceptors (Lipinski definition) is 3. The molecule has 0 aromatic heterocycles. The molecular weight excluding hydrogens is 343 g/mol. The van der Waals surface area contributed by atoms with Gasteiger partial charge in [0.15, 0.2) is 0 Å². The molecule has 0 heterocycles. The first-order chi connectivity index (χ1) is 10.9. The molecule has 120 valence electrons. The van der Waals surface area contributed by atoms with Crippen LogP contribution in [0.25, 0.3) is 6.08 Å². The maximum atomic E-state index is 13.4. The third kappa shape index (κ3) is 5.17. The van der Waals surface area contributed by atoms with Gasteiger partial charge in [-0.15, -0.1) is 4.83 Å². The first-order valence-corrected chi connectivity index (χ1v) is 8.30. The average Bonchev–Trinajstić information content (AvgIpc) is 2.53. The van der Waals surface area contributed by atoms with Gasteiger partial charge in [0, 0.05) is 10.4 Å². The van der Waals surface area contributed by atoms with E-state index in [1.807, 2.05) is 10.3 Å². The van der Waals surface area contributed by atoms with E-state index >= 15 is 0 Å². The fourth-order valence-corrected chi connectivity index (χ4v) is 2.37. The van der Waals surface area contributed by atoms with Crippen molar-refractivity contribution in [2.45, 2.75) is 0 Å². The van der Waals surface area contributed by atoms with Crippen LogP contribution >= 0.6 is 11.6 Å². The number of carbonyl (C=O) groups is 1. The zero-order valence-electron chi connectivity index (χ0n) is 11.7. The maximum Gasteiger partial charge on any atom is 0.269 e. The highest BCUT2D eigenvalue weighted by Crippen LogP contribution is 2.11. The normalized spacial score (nSPS) is 11.6. The predicted molar refractivity (Wildman–Crippen MR) is 86.4 cm³/mol. The SMILES string of the molecule is O=C(NNS(=O)(=O)C=Cc1ccc(Cl)cc1)c1ccccc1F. The van der Waals surface area contributed by atoms with Gasteiger partial charge < -0.3 is 0 Å². The van der Waals surface area contributed by atoms with Crippen molar-refractivity contribution in [2.75, 3.05) is 0 Å². The number of sulfonamides is 1. The van der Waals surface area contributed by atoms with Gasteiger partial charge in [0.2, 0.25) is 0 Å². The lowest BCUT2D eigenvalue weighted by Gasteiger charge is -2.06. The van der Waals surface area contributed by atoms with Gasteiger partial charge in [-0.05, 0) is 35.9 Å². The predicted octanol–water partition coefficient (Wildman–Crippen LogP) is 2.71. The molecule has 0 fully saturated rings. The van der Waals surface area contributed by atoms with E-state index in [4.69, 9.17) is 11.6 Å². The zero-order chi connectivity index (χ0) is 16.9. The van der Waals surface area contributed by atoms with Crippen molar-refractivity contribution in [1.29, 1.82) is 0 Å². The second kappa shape index (κ2) is 7.36. The minimum atomic E-state index is -3.92. The summed E-state index contributed by atoms with van der Waals surface area (Å²) in [5.41, 5.74) is 2.28. The fourth-order valence-electron chi connectivity index (χ4n) is 1.61. The highest BCUT2D eigenvalue weighted by Gasteiger charge is 2.13. The molecule has 0 unspecified atom stereocenters. The Morgan fingerprint density at radius 2 is 1.74 bits per heavy atom. The number of amides is 1. The Morgan fingerprint density at radius 1 is 1.09 bits per heavy atom. The third-order valence-corrected chi connectivity index (χ3v) is 3.87. The molecule has 0 aliphatic rings. The van der Waals surface area contributed by atoms with Crippen molar-refractivity contribution in [3.8, 4) is 0 Å². The second-order valence-corrected chi connectivity index (χ2v) is 6.44. The minimum Gasteiger partial charge on any atom is -0.273 e. The van der Waals surface area contributed by atoms with Gasteiger partial charge in [-0.2, -0.15) is 0 Å². The number of hydrogen-bond donors (Lipinski definition) is 2. The summed E-state index contributed by atoms with van der Waals surface area (Å²) < 4.78 is 36.9. The van der Waals surface area contributed by atoms with Gasteiger partial charge in [0.1, 0.15) is 5.82 Å². The summed E-state index contributed by atoms with van der Waals surface area (Å²) in [5.74, 6) is -1.65. The van der Waals surface area contributed by atoms with E-state index in [1.165, 1.54) is 24.3 Å². The first kappa shape index (κ1) is 17.1. The lowest BCUT2D eigenvalue weighted by molar-refractivity contribution is 0.0941. The highest BCUT2D eigenvalue weighted by atomic mass is 35.5. The van der Waals surface area contributed by atoms with E-state index in [9.17, 15) is 17.6 Å². The van der Waals surface area contributed by atoms with Gasteiger partial charge in [-0.25, -0.2) is 12.8 Å². The molecule has 5 nitrogen and oxygen atoms in total. The van der Waals surface area contributed by atoms with Gasteiger partial charge >= 0.3 is 0 Å². The van der Waals surface area contributed by atoms with E-state index in [0.717, 1.165) is 11.5 Å². The molecule has 2 aromatic rings. The molecule has 8 heteroatoms. The lowest BCUT2D eigenvalue weighted by atomic mass is 10.2. The number of halogens is 2. The Labute approximate surface area is 137 Å². The van der Waals surface area contributed by atoms with E-state index < -0.39 is 21.7 Å². The molecule has 0 aliphatic carbocycles. The Balaban J connectivity index is 2.00. The van der Waals surface area contributed by atoms with Gasteiger partial charge in [-0.3, -0.25) is 10.2 Å². The zero-order valence-corrected chi connectivity index (χ0v) is 13.2. The van der Waals surface area contributed by atoms with Gasteiger partial charge in [-0.1, -0.05) is 35.9 Å². The van der Waals surface area contributed by atoms with Crippen molar-refractivity contribution in [2.24, 2.45) is 0 Å². The molecule has 0 saturated heterocycles. The molecule has 0 aliphatic heterocycles.